The van der Waals surface area contributed by atoms with Crippen LogP contribution in [0.2, 0.25) is 5.02 Å². The maximum Gasteiger partial charge on any atom is 0.234 e. The topological polar surface area (TPSA) is 41.5 Å². The molecule has 0 spiro atoms. The summed E-state index contributed by atoms with van der Waals surface area (Å²) in [5.41, 5.74) is 1.02. The van der Waals surface area contributed by atoms with E-state index in [0.717, 1.165) is 24.5 Å². The summed E-state index contributed by atoms with van der Waals surface area (Å²) in [5.74, 6) is 1.49. The molecule has 1 aromatic heterocycles. The molecule has 0 aliphatic carbocycles. The van der Waals surface area contributed by atoms with Crippen molar-refractivity contribution < 1.29 is 4.74 Å². The predicted octanol–water partition coefficient (Wildman–Crippen LogP) is 2.99. The van der Waals surface area contributed by atoms with Gasteiger partial charge in [0.05, 0.1) is 12.4 Å². The van der Waals surface area contributed by atoms with Crippen LogP contribution >= 0.6 is 11.6 Å². The summed E-state index contributed by atoms with van der Waals surface area (Å²) >= 11 is 6.01. The highest BCUT2D eigenvalue weighted by Gasteiger charge is 2.30. The van der Waals surface area contributed by atoms with Crippen LogP contribution in [-0.4, -0.2) is 47.1 Å². The number of rotatable bonds is 4. The first-order chi connectivity index (χ1) is 11.8. The minimum atomic E-state index is 0.440. The van der Waals surface area contributed by atoms with Crippen LogP contribution in [0.5, 0.6) is 5.88 Å². The first-order valence-electron chi connectivity index (χ1n) is 8.46. The second kappa shape index (κ2) is 6.95. The largest absolute Gasteiger partial charge is 0.472 e. The molecule has 6 heteroatoms. The number of piperidine rings is 1. The quantitative estimate of drug-likeness (QED) is 0.853. The fraction of sp³-hybridized carbons (Fsp3) is 0.444. The molecule has 2 bridgehead atoms. The van der Waals surface area contributed by atoms with Gasteiger partial charge in [0.25, 0.3) is 0 Å². The van der Waals surface area contributed by atoms with Gasteiger partial charge >= 0.3 is 0 Å². The molecular weight excluding hydrogens is 324 g/mol. The van der Waals surface area contributed by atoms with Gasteiger partial charge in [0.1, 0.15) is 6.61 Å². The van der Waals surface area contributed by atoms with Crippen molar-refractivity contribution in [3.8, 4) is 5.88 Å². The molecule has 0 unspecified atom stereocenters. The third-order valence-corrected chi connectivity index (χ3v) is 5.06. The van der Waals surface area contributed by atoms with Crippen LogP contribution in [0.15, 0.2) is 36.7 Å². The van der Waals surface area contributed by atoms with Crippen molar-refractivity contribution in [2.75, 3.05) is 31.1 Å². The van der Waals surface area contributed by atoms with Crippen LogP contribution in [0.25, 0.3) is 0 Å². The molecule has 3 saturated heterocycles. The van der Waals surface area contributed by atoms with E-state index in [4.69, 9.17) is 16.3 Å². The molecular formula is C18H21ClN4O. The molecule has 0 amide bonds. The van der Waals surface area contributed by atoms with E-state index >= 15 is 0 Å². The summed E-state index contributed by atoms with van der Waals surface area (Å²) in [6.07, 6.45) is 5.93. The van der Waals surface area contributed by atoms with Crippen molar-refractivity contribution in [2.24, 2.45) is 0 Å². The number of halogens is 1. The first-order valence-corrected chi connectivity index (χ1v) is 8.84. The Morgan fingerprint density at radius 3 is 2.83 bits per heavy atom. The smallest absolute Gasteiger partial charge is 0.234 e. The van der Waals surface area contributed by atoms with Crippen LogP contribution in [0.4, 0.5) is 5.82 Å². The summed E-state index contributed by atoms with van der Waals surface area (Å²) in [6, 6.07) is 8.24. The summed E-state index contributed by atoms with van der Waals surface area (Å²) in [5, 5.41) is 0.714. The van der Waals surface area contributed by atoms with Crippen LogP contribution in [0.3, 0.4) is 0 Å². The average molecular weight is 345 g/mol. The maximum atomic E-state index is 6.01. The highest BCUT2D eigenvalue weighted by molar-refractivity contribution is 6.30. The highest BCUT2D eigenvalue weighted by atomic mass is 35.5. The molecule has 1 aromatic carbocycles. The van der Waals surface area contributed by atoms with E-state index in [1.165, 1.54) is 25.9 Å². The van der Waals surface area contributed by atoms with Crippen LogP contribution in [0, 0.1) is 0 Å². The molecule has 3 aliphatic rings. The Hall–Kier alpha value is -1.85. The second-order valence-electron chi connectivity index (χ2n) is 6.40. The molecule has 3 fully saturated rings. The molecule has 126 valence electrons. The van der Waals surface area contributed by atoms with Crippen molar-refractivity contribution >= 4 is 17.4 Å². The third-order valence-electron chi connectivity index (χ3n) is 4.82. The number of anilines is 1. The van der Waals surface area contributed by atoms with Crippen molar-refractivity contribution in [1.82, 2.24) is 14.9 Å². The van der Waals surface area contributed by atoms with Crippen molar-refractivity contribution in [3.05, 3.63) is 47.2 Å². The van der Waals surface area contributed by atoms with E-state index in [2.05, 4.69) is 19.8 Å². The summed E-state index contributed by atoms with van der Waals surface area (Å²) in [4.78, 5) is 13.9. The minimum absolute atomic E-state index is 0.440. The van der Waals surface area contributed by atoms with Crippen molar-refractivity contribution in [1.29, 1.82) is 0 Å². The molecule has 0 radical (unpaired) electrons. The molecule has 0 saturated carbocycles. The molecule has 2 aromatic rings. The van der Waals surface area contributed by atoms with E-state index in [9.17, 15) is 0 Å². The van der Waals surface area contributed by atoms with E-state index in [-0.39, 0.29) is 0 Å². The SMILES string of the molecule is Clc1cccc(COc2cncc(N3CCN4CCC3CC4)n2)c1. The third kappa shape index (κ3) is 3.47. The van der Waals surface area contributed by atoms with Gasteiger partial charge in [-0.15, -0.1) is 0 Å². The molecule has 4 heterocycles. The Morgan fingerprint density at radius 1 is 1.12 bits per heavy atom. The van der Waals surface area contributed by atoms with Crippen LogP contribution < -0.4 is 9.64 Å². The molecule has 5 rings (SSSR count). The molecule has 0 N–H and O–H groups in total. The number of benzene rings is 1. The van der Waals surface area contributed by atoms with E-state index in [1.807, 2.05) is 30.5 Å². The van der Waals surface area contributed by atoms with Gasteiger partial charge in [-0.05, 0) is 30.5 Å². The van der Waals surface area contributed by atoms with E-state index in [0.29, 0.717) is 23.6 Å². The lowest BCUT2D eigenvalue weighted by Gasteiger charge is -2.32. The van der Waals surface area contributed by atoms with Gasteiger partial charge in [-0.2, -0.15) is 4.98 Å². The number of nitrogens with zero attached hydrogens (tertiary/aromatic N) is 4. The number of aromatic nitrogens is 2. The molecule has 5 nitrogen and oxygen atoms in total. The summed E-state index contributed by atoms with van der Waals surface area (Å²) < 4.78 is 5.82. The van der Waals surface area contributed by atoms with Crippen LogP contribution in [-0.2, 0) is 6.61 Å². The fourth-order valence-corrected chi connectivity index (χ4v) is 3.73. The van der Waals surface area contributed by atoms with Gasteiger partial charge in [0.2, 0.25) is 5.88 Å². The Bertz CT molecular complexity index is 703. The molecule has 24 heavy (non-hydrogen) atoms. The summed E-state index contributed by atoms with van der Waals surface area (Å²) in [6.45, 7) is 4.94. The van der Waals surface area contributed by atoms with Crippen molar-refractivity contribution in [3.63, 3.8) is 0 Å². The van der Waals surface area contributed by atoms with Gasteiger partial charge < -0.3 is 14.5 Å². The standard InChI is InChI=1S/C18H21ClN4O/c19-15-3-1-2-14(10-15)13-24-18-12-20-11-17(21-18)23-9-8-22-6-4-16(23)5-7-22/h1-3,10-12,16H,4-9,13H2. The van der Waals surface area contributed by atoms with Gasteiger partial charge in [-0.25, -0.2) is 0 Å². The zero-order chi connectivity index (χ0) is 16.4. The Labute approximate surface area is 147 Å². The lowest BCUT2D eigenvalue weighted by atomic mass is 10.1. The Balaban J connectivity index is 1.47. The van der Waals surface area contributed by atoms with Crippen molar-refractivity contribution in [2.45, 2.75) is 25.5 Å². The van der Waals surface area contributed by atoms with Gasteiger partial charge in [0, 0.05) is 37.2 Å². The normalized spacial score (nSPS) is 23.1. The number of fused-ring (bicyclic) bond motifs is 4. The maximum absolute atomic E-state index is 6.01. The fourth-order valence-electron chi connectivity index (χ4n) is 3.52. The van der Waals surface area contributed by atoms with Gasteiger partial charge in [-0.3, -0.25) is 4.98 Å². The molecule has 0 atom stereocenters. The Kier molecular flexibility index (Phi) is 4.54. The highest BCUT2D eigenvalue weighted by Crippen LogP contribution is 2.26. The zero-order valence-corrected chi connectivity index (χ0v) is 14.3. The number of hydrogen-bond donors (Lipinski definition) is 0. The lowest BCUT2D eigenvalue weighted by Crippen LogP contribution is -2.38. The predicted molar refractivity (Wildman–Crippen MR) is 94.6 cm³/mol. The number of ether oxygens (including phenoxy) is 1. The number of hydrogen-bond acceptors (Lipinski definition) is 5. The lowest BCUT2D eigenvalue weighted by molar-refractivity contribution is 0.250. The van der Waals surface area contributed by atoms with E-state index < -0.39 is 0 Å². The van der Waals surface area contributed by atoms with Gasteiger partial charge in [-0.1, -0.05) is 23.7 Å². The molecule has 3 aliphatic heterocycles. The second-order valence-corrected chi connectivity index (χ2v) is 6.84. The Morgan fingerprint density at radius 2 is 2.00 bits per heavy atom. The first kappa shape index (κ1) is 15.7. The van der Waals surface area contributed by atoms with E-state index in [1.54, 1.807) is 6.20 Å². The summed E-state index contributed by atoms with van der Waals surface area (Å²) in [7, 11) is 0. The monoisotopic (exact) mass is 344 g/mol. The van der Waals surface area contributed by atoms with Gasteiger partial charge in [0.15, 0.2) is 5.82 Å². The zero-order valence-electron chi connectivity index (χ0n) is 13.6. The average Bonchev–Trinajstić information content (AvgIpc) is 2.94. The van der Waals surface area contributed by atoms with Crippen LogP contribution in [0.1, 0.15) is 18.4 Å². The minimum Gasteiger partial charge on any atom is -0.472 e.